The number of likely N-dealkylation sites (tertiary alicyclic amines) is 1. The van der Waals surface area contributed by atoms with Crippen molar-refractivity contribution in [1.29, 1.82) is 0 Å². The van der Waals surface area contributed by atoms with Crippen LogP contribution in [0.15, 0.2) is 60.9 Å². The van der Waals surface area contributed by atoms with Crippen LogP contribution in [-0.4, -0.2) is 46.7 Å². The van der Waals surface area contributed by atoms with E-state index in [0.29, 0.717) is 36.0 Å². The molecular weight excluding hydrogens is 490 g/mol. The lowest BCUT2D eigenvalue weighted by Crippen LogP contribution is -2.44. The molecule has 1 aromatic heterocycles. The molecule has 2 amide bonds. The molecule has 0 aliphatic carbocycles. The molecule has 1 saturated heterocycles. The maximum atomic E-state index is 13.1. The summed E-state index contributed by atoms with van der Waals surface area (Å²) in [5.74, 6) is 0.584. The highest BCUT2D eigenvalue weighted by molar-refractivity contribution is 6.35. The van der Waals surface area contributed by atoms with Gasteiger partial charge in [0.15, 0.2) is 0 Å². The van der Waals surface area contributed by atoms with Gasteiger partial charge < -0.3 is 19.3 Å². The normalized spacial score (nSPS) is 16.1. The van der Waals surface area contributed by atoms with Gasteiger partial charge in [-0.05, 0) is 56.2 Å². The highest BCUT2D eigenvalue weighted by Gasteiger charge is 2.31. The van der Waals surface area contributed by atoms with Crippen molar-refractivity contribution in [3.05, 3.63) is 77.1 Å². The van der Waals surface area contributed by atoms with E-state index in [0.717, 1.165) is 35.2 Å². The Labute approximate surface area is 222 Å². The Kier molecular flexibility index (Phi) is 6.82. The fraction of sp³-hybridized carbons (Fsp3) is 0.345. The third kappa shape index (κ3) is 5.57. The Bertz CT molecular complexity index is 1330. The summed E-state index contributed by atoms with van der Waals surface area (Å²) in [5.41, 5.74) is 3.63. The van der Waals surface area contributed by atoms with Gasteiger partial charge in [-0.25, -0.2) is 4.79 Å². The number of anilines is 1. The third-order valence-electron chi connectivity index (χ3n) is 6.49. The first-order chi connectivity index (χ1) is 17.7. The first kappa shape index (κ1) is 25.1. The van der Waals surface area contributed by atoms with E-state index in [-0.39, 0.29) is 18.1 Å². The van der Waals surface area contributed by atoms with Crippen molar-refractivity contribution >= 4 is 29.3 Å². The highest BCUT2D eigenvalue weighted by atomic mass is 35.5. The Balaban J connectivity index is 1.25. The Hall–Kier alpha value is -3.58. The van der Waals surface area contributed by atoms with E-state index >= 15 is 0 Å². The van der Waals surface area contributed by atoms with Crippen LogP contribution in [0, 0.1) is 0 Å². The van der Waals surface area contributed by atoms with E-state index < -0.39 is 5.60 Å². The van der Waals surface area contributed by atoms with Crippen molar-refractivity contribution in [2.75, 3.05) is 18.0 Å². The molecule has 5 rings (SSSR count). The summed E-state index contributed by atoms with van der Waals surface area (Å²) >= 11 is 6.30. The van der Waals surface area contributed by atoms with Crippen molar-refractivity contribution in [3.8, 4) is 16.9 Å². The van der Waals surface area contributed by atoms with Crippen LogP contribution in [-0.2, 0) is 11.3 Å². The molecule has 0 spiro atoms. The molecule has 0 atom stereocenters. The Morgan fingerprint density at radius 3 is 2.51 bits per heavy atom. The van der Waals surface area contributed by atoms with Gasteiger partial charge in [0.25, 0.3) is 5.91 Å². The molecule has 1 fully saturated rings. The van der Waals surface area contributed by atoms with E-state index in [1.165, 1.54) is 0 Å². The van der Waals surface area contributed by atoms with Crippen LogP contribution in [0.25, 0.3) is 11.1 Å². The predicted octanol–water partition coefficient (Wildman–Crippen LogP) is 6.34. The number of aromatic nitrogens is 1. The lowest BCUT2D eigenvalue weighted by atomic mass is 10.1. The third-order valence-corrected chi connectivity index (χ3v) is 6.80. The first-order valence-corrected chi connectivity index (χ1v) is 12.8. The smallest absolute Gasteiger partial charge is 0.410 e. The summed E-state index contributed by atoms with van der Waals surface area (Å²) < 4.78 is 11.7. The van der Waals surface area contributed by atoms with Crippen LogP contribution in [0.3, 0.4) is 0 Å². The standard InChI is InChI=1S/C29H30ClN3O4/c1-29(2,3)37-28(35)32-12-10-23(11-13-32)36-24-15-21(16-31-17-24)19-6-4-8-22(14-19)33-18-20-7-5-9-25(30)26(20)27(33)34/h4-9,14-17,23H,10-13,18H2,1-3H3. The highest BCUT2D eigenvalue weighted by Crippen LogP contribution is 2.34. The number of piperidine rings is 1. The van der Waals surface area contributed by atoms with Gasteiger partial charge in [-0.1, -0.05) is 35.9 Å². The summed E-state index contributed by atoms with van der Waals surface area (Å²) in [7, 11) is 0. The number of carbonyl (C=O) groups excluding carboxylic acids is 2. The predicted molar refractivity (Wildman–Crippen MR) is 143 cm³/mol. The maximum absolute atomic E-state index is 13.1. The van der Waals surface area contributed by atoms with Gasteiger partial charge in [-0.15, -0.1) is 0 Å². The topological polar surface area (TPSA) is 72.0 Å². The molecule has 0 saturated carbocycles. The number of carbonyl (C=O) groups is 2. The zero-order valence-corrected chi connectivity index (χ0v) is 22.0. The van der Waals surface area contributed by atoms with Crippen LogP contribution < -0.4 is 9.64 Å². The molecule has 0 N–H and O–H groups in total. The van der Waals surface area contributed by atoms with Crippen LogP contribution in [0.5, 0.6) is 5.75 Å². The van der Waals surface area contributed by atoms with Crippen molar-refractivity contribution in [2.45, 2.75) is 51.9 Å². The van der Waals surface area contributed by atoms with E-state index in [9.17, 15) is 9.59 Å². The number of rotatable bonds is 4. The van der Waals surface area contributed by atoms with Gasteiger partial charge in [0, 0.05) is 43.4 Å². The Morgan fingerprint density at radius 2 is 1.78 bits per heavy atom. The summed E-state index contributed by atoms with van der Waals surface area (Å²) in [5, 5.41) is 0.479. The average molecular weight is 520 g/mol. The van der Waals surface area contributed by atoms with Gasteiger partial charge in [0.05, 0.1) is 23.3 Å². The van der Waals surface area contributed by atoms with Crippen LogP contribution in [0.2, 0.25) is 5.02 Å². The molecule has 2 aromatic carbocycles. The number of halogens is 1. The number of nitrogens with zero attached hydrogens (tertiary/aromatic N) is 3. The fourth-order valence-corrected chi connectivity index (χ4v) is 4.97. The fourth-order valence-electron chi connectivity index (χ4n) is 4.70. The van der Waals surface area contributed by atoms with Crippen molar-refractivity contribution in [1.82, 2.24) is 9.88 Å². The molecule has 2 aliphatic heterocycles. The summed E-state index contributed by atoms with van der Waals surface area (Å²) in [4.78, 5) is 33.2. The largest absolute Gasteiger partial charge is 0.489 e. The summed E-state index contributed by atoms with van der Waals surface area (Å²) in [6.45, 7) is 7.27. The minimum Gasteiger partial charge on any atom is -0.489 e. The number of ether oxygens (including phenoxy) is 2. The lowest BCUT2D eigenvalue weighted by molar-refractivity contribution is 0.0126. The lowest BCUT2D eigenvalue weighted by Gasteiger charge is -2.33. The van der Waals surface area contributed by atoms with Crippen molar-refractivity contribution in [3.63, 3.8) is 0 Å². The molecule has 0 radical (unpaired) electrons. The van der Waals surface area contributed by atoms with Gasteiger partial charge >= 0.3 is 6.09 Å². The van der Waals surface area contributed by atoms with Crippen LogP contribution >= 0.6 is 11.6 Å². The van der Waals surface area contributed by atoms with Gasteiger partial charge in [-0.2, -0.15) is 0 Å². The second-order valence-electron chi connectivity index (χ2n) is 10.4. The first-order valence-electron chi connectivity index (χ1n) is 12.5. The van der Waals surface area contributed by atoms with E-state index in [1.54, 1.807) is 28.3 Å². The molecular formula is C29H30ClN3O4. The molecule has 0 bridgehead atoms. The second-order valence-corrected chi connectivity index (χ2v) is 10.8. The van der Waals surface area contributed by atoms with Gasteiger partial charge in [0.2, 0.25) is 0 Å². The number of fused-ring (bicyclic) bond motifs is 1. The molecule has 0 unspecified atom stereocenters. The second kappa shape index (κ2) is 10.1. The molecule has 37 heavy (non-hydrogen) atoms. The van der Waals surface area contributed by atoms with Gasteiger partial charge in [-0.3, -0.25) is 9.78 Å². The molecule has 2 aliphatic rings. The number of amides is 2. The van der Waals surface area contributed by atoms with E-state index in [4.69, 9.17) is 21.1 Å². The summed E-state index contributed by atoms with van der Waals surface area (Å²) in [6.07, 6.45) is 4.65. The zero-order chi connectivity index (χ0) is 26.2. The van der Waals surface area contributed by atoms with Crippen LogP contribution in [0.1, 0.15) is 49.5 Å². The molecule has 3 heterocycles. The molecule has 8 heteroatoms. The molecule has 192 valence electrons. The van der Waals surface area contributed by atoms with Gasteiger partial charge in [0.1, 0.15) is 17.5 Å². The van der Waals surface area contributed by atoms with Crippen LogP contribution in [0.4, 0.5) is 10.5 Å². The Morgan fingerprint density at radius 1 is 1.03 bits per heavy atom. The molecule has 7 nitrogen and oxygen atoms in total. The maximum Gasteiger partial charge on any atom is 0.410 e. The number of benzene rings is 2. The monoisotopic (exact) mass is 519 g/mol. The quantitative estimate of drug-likeness (QED) is 0.402. The number of hydrogen-bond acceptors (Lipinski definition) is 5. The zero-order valence-electron chi connectivity index (χ0n) is 21.2. The number of hydrogen-bond donors (Lipinski definition) is 0. The minimum absolute atomic E-state index is 0.00690. The average Bonchev–Trinajstić information content (AvgIpc) is 3.21. The van der Waals surface area contributed by atoms with E-state index in [2.05, 4.69) is 4.98 Å². The van der Waals surface area contributed by atoms with Crippen molar-refractivity contribution < 1.29 is 19.1 Å². The summed E-state index contributed by atoms with van der Waals surface area (Å²) in [6, 6.07) is 15.3. The SMILES string of the molecule is CC(C)(C)OC(=O)N1CCC(Oc2cncc(-c3cccc(N4Cc5cccc(Cl)c5C4=O)c3)c2)CC1. The van der Waals surface area contributed by atoms with E-state index in [1.807, 2.05) is 63.2 Å². The number of pyridine rings is 1. The molecule has 3 aromatic rings. The van der Waals surface area contributed by atoms with Crippen molar-refractivity contribution in [2.24, 2.45) is 0 Å². The minimum atomic E-state index is -0.507.